The van der Waals surface area contributed by atoms with Gasteiger partial charge in [0, 0.05) is 25.7 Å². The lowest BCUT2D eigenvalue weighted by molar-refractivity contribution is -0.273. The molecule has 1 aliphatic rings. The molecule has 1 saturated heterocycles. The van der Waals surface area contributed by atoms with Gasteiger partial charge in [-0.15, -0.1) is 0 Å². The predicted molar refractivity (Wildman–Crippen MR) is 70.0 cm³/mol. The Balaban J connectivity index is 2.06. The summed E-state index contributed by atoms with van der Waals surface area (Å²) in [6.45, 7) is 0.716. The van der Waals surface area contributed by atoms with Crippen molar-refractivity contribution in [1.82, 2.24) is 4.90 Å². The maximum Gasteiger partial charge on any atom is 0.417 e. The van der Waals surface area contributed by atoms with E-state index in [4.69, 9.17) is 5.73 Å². The molecule has 1 atom stereocenters. The van der Waals surface area contributed by atoms with E-state index in [1.54, 1.807) is 0 Å². The Kier molecular flexibility index (Phi) is 4.36. The third kappa shape index (κ3) is 2.97. The van der Waals surface area contributed by atoms with Crippen LogP contribution in [0.2, 0.25) is 0 Å². The molecular weight excluding hydrogens is 269 g/mol. The zero-order valence-electron chi connectivity index (χ0n) is 11.1. The van der Waals surface area contributed by atoms with Crippen molar-refractivity contribution >= 4 is 0 Å². The molecule has 0 bridgehead atoms. The van der Waals surface area contributed by atoms with Crippen molar-refractivity contribution in [2.75, 3.05) is 19.6 Å². The van der Waals surface area contributed by atoms with Crippen LogP contribution in [-0.2, 0) is 0 Å². The van der Waals surface area contributed by atoms with Crippen LogP contribution in [0.15, 0.2) is 30.3 Å². The molecule has 0 amide bonds. The van der Waals surface area contributed by atoms with E-state index in [0.717, 1.165) is 5.56 Å². The molecule has 112 valence electrons. The molecule has 6 heteroatoms. The van der Waals surface area contributed by atoms with E-state index < -0.39 is 11.8 Å². The maximum absolute atomic E-state index is 12.8. The first-order chi connectivity index (χ1) is 9.37. The number of piperidine rings is 1. The molecule has 1 fully saturated rings. The fourth-order valence-corrected chi connectivity index (χ4v) is 2.66. The Morgan fingerprint density at radius 3 is 2.20 bits per heavy atom. The second-order valence-corrected chi connectivity index (χ2v) is 5.23. The molecule has 0 saturated carbocycles. The van der Waals surface area contributed by atoms with Crippen LogP contribution in [0.25, 0.3) is 0 Å². The van der Waals surface area contributed by atoms with Crippen LogP contribution in [0.1, 0.15) is 24.4 Å². The molecule has 20 heavy (non-hydrogen) atoms. The van der Waals surface area contributed by atoms with Crippen LogP contribution < -0.4 is 5.73 Å². The number of likely N-dealkylation sites (tertiary alicyclic amines) is 1. The molecule has 1 heterocycles. The van der Waals surface area contributed by atoms with Gasteiger partial charge in [0.05, 0.1) is 0 Å². The van der Waals surface area contributed by atoms with Crippen molar-refractivity contribution in [1.29, 1.82) is 0 Å². The summed E-state index contributed by atoms with van der Waals surface area (Å²) in [5, 5.41) is 9.67. The molecule has 1 aromatic rings. The predicted octanol–water partition coefficient (Wildman–Crippen LogP) is 2.08. The maximum atomic E-state index is 12.8. The van der Waals surface area contributed by atoms with Gasteiger partial charge in [0.15, 0.2) is 5.60 Å². The number of halogens is 3. The second-order valence-electron chi connectivity index (χ2n) is 5.23. The average Bonchev–Trinajstić information content (AvgIpc) is 2.42. The highest BCUT2D eigenvalue weighted by molar-refractivity contribution is 5.19. The zero-order valence-corrected chi connectivity index (χ0v) is 11.1. The van der Waals surface area contributed by atoms with E-state index in [0.29, 0.717) is 6.54 Å². The van der Waals surface area contributed by atoms with Gasteiger partial charge in [-0.05, 0) is 18.4 Å². The quantitative estimate of drug-likeness (QED) is 0.895. The Hall–Kier alpha value is -1.11. The lowest BCUT2D eigenvalue weighted by Crippen LogP contribution is -2.54. The highest BCUT2D eigenvalue weighted by Crippen LogP contribution is 2.39. The van der Waals surface area contributed by atoms with E-state index in [2.05, 4.69) is 0 Å². The molecule has 1 aromatic carbocycles. The van der Waals surface area contributed by atoms with Crippen LogP contribution >= 0.6 is 0 Å². The second kappa shape index (κ2) is 5.71. The van der Waals surface area contributed by atoms with Gasteiger partial charge in [0.25, 0.3) is 0 Å². The Morgan fingerprint density at radius 1 is 1.20 bits per heavy atom. The Morgan fingerprint density at radius 2 is 1.75 bits per heavy atom. The third-order valence-corrected chi connectivity index (χ3v) is 4.00. The first-order valence-electron chi connectivity index (χ1n) is 6.65. The summed E-state index contributed by atoms with van der Waals surface area (Å²) >= 11 is 0. The Labute approximate surface area is 116 Å². The molecule has 3 N–H and O–H groups in total. The van der Waals surface area contributed by atoms with E-state index in [9.17, 15) is 18.3 Å². The normalized spacial score (nSPS) is 21.6. The van der Waals surface area contributed by atoms with Crippen LogP contribution in [0.4, 0.5) is 13.2 Å². The fraction of sp³-hybridized carbons (Fsp3) is 0.571. The summed E-state index contributed by atoms with van der Waals surface area (Å²) in [5.41, 5.74) is 4.20. The van der Waals surface area contributed by atoms with Crippen molar-refractivity contribution in [3.8, 4) is 0 Å². The van der Waals surface area contributed by atoms with E-state index in [-0.39, 0.29) is 32.0 Å². The standard InChI is InChI=1S/C14H19F3N2O/c15-14(16,17)13(20)6-8-19(9-7-13)12(10-18)11-4-2-1-3-5-11/h1-5,12,20H,6-10,18H2/t12-/m0/s1. The molecule has 1 aliphatic heterocycles. The summed E-state index contributed by atoms with van der Waals surface area (Å²) in [4.78, 5) is 1.91. The molecule has 0 radical (unpaired) electrons. The van der Waals surface area contributed by atoms with Gasteiger partial charge in [-0.3, -0.25) is 4.90 Å². The highest BCUT2D eigenvalue weighted by atomic mass is 19.4. The van der Waals surface area contributed by atoms with Gasteiger partial charge in [0.2, 0.25) is 0 Å². The number of hydrogen-bond donors (Lipinski definition) is 2. The number of nitrogens with two attached hydrogens (primary N) is 1. The smallest absolute Gasteiger partial charge is 0.380 e. The topological polar surface area (TPSA) is 49.5 Å². The lowest BCUT2D eigenvalue weighted by Gasteiger charge is -2.42. The molecule has 3 nitrogen and oxygen atoms in total. The summed E-state index contributed by atoms with van der Waals surface area (Å²) in [6.07, 6.45) is -5.18. The van der Waals surface area contributed by atoms with Crippen molar-refractivity contribution in [2.24, 2.45) is 5.73 Å². The number of hydrogen-bond acceptors (Lipinski definition) is 3. The number of rotatable bonds is 3. The van der Waals surface area contributed by atoms with E-state index in [1.165, 1.54) is 0 Å². The zero-order chi connectivity index (χ0) is 14.8. The van der Waals surface area contributed by atoms with E-state index >= 15 is 0 Å². The van der Waals surface area contributed by atoms with Crippen LogP contribution in [0.5, 0.6) is 0 Å². The molecule has 0 aromatic heterocycles. The summed E-state index contributed by atoms with van der Waals surface area (Å²) in [6, 6.07) is 9.39. The van der Waals surface area contributed by atoms with Gasteiger partial charge >= 0.3 is 6.18 Å². The molecule has 2 rings (SSSR count). The molecular formula is C14H19F3N2O. The van der Waals surface area contributed by atoms with Crippen LogP contribution in [-0.4, -0.2) is 41.4 Å². The van der Waals surface area contributed by atoms with Gasteiger partial charge in [-0.1, -0.05) is 30.3 Å². The fourth-order valence-electron chi connectivity index (χ4n) is 2.66. The Bertz CT molecular complexity index is 428. The van der Waals surface area contributed by atoms with Crippen molar-refractivity contribution < 1.29 is 18.3 Å². The first-order valence-corrected chi connectivity index (χ1v) is 6.65. The monoisotopic (exact) mass is 288 g/mol. The first kappa shape index (κ1) is 15.3. The van der Waals surface area contributed by atoms with Gasteiger partial charge < -0.3 is 10.8 Å². The van der Waals surface area contributed by atoms with E-state index in [1.807, 2.05) is 35.2 Å². The molecule has 0 aliphatic carbocycles. The van der Waals surface area contributed by atoms with Crippen LogP contribution in [0.3, 0.4) is 0 Å². The molecule has 0 unspecified atom stereocenters. The summed E-state index contributed by atoms with van der Waals surface area (Å²) in [5.74, 6) is 0. The number of benzene rings is 1. The third-order valence-electron chi connectivity index (χ3n) is 4.00. The van der Waals surface area contributed by atoms with Crippen LogP contribution in [0, 0.1) is 0 Å². The largest absolute Gasteiger partial charge is 0.417 e. The van der Waals surface area contributed by atoms with Gasteiger partial charge in [-0.25, -0.2) is 0 Å². The van der Waals surface area contributed by atoms with Gasteiger partial charge in [-0.2, -0.15) is 13.2 Å². The minimum Gasteiger partial charge on any atom is -0.380 e. The number of aliphatic hydroxyl groups is 1. The van der Waals surface area contributed by atoms with Crippen molar-refractivity contribution in [3.05, 3.63) is 35.9 Å². The molecule has 0 spiro atoms. The SMILES string of the molecule is NC[C@@H](c1ccccc1)N1CCC(O)(C(F)(F)F)CC1. The summed E-state index contributed by atoms with van der Waals surface area (Å²) in [7, 11) is 0. The number of alkyl halides is 3. The average molecular weight is 288 g/mol. The minimum atomic E-state index is -4.57. The highest BCUT2D eigenvalue weighted by Gasteiger charge is 2.54. The lowest BCUT2D eigenvalue weighted by atomic mass is 9.89. The number of nitrogens with zero attached hydrogens (tertiary/aromatic N) is 1. The van der Waals surface area contributed by atoms with Crippen molar-refractivity contribution in [2.45, 2.75) is 30.7 Å². The van der Waals surface area contributed by atoms with Crippen molar-refractivity contribution in [3.63, 3.8) is 0 Å². The minimum absolute atomic E-state index is 0.103. The summed E-state index contributed by atoms with van der Waals surface area (Å²) < 4.78 is 38.3. The van der Waals surface area contributed by atoms with Gasteiger partial charge in [0.1, 0.15) is 0 Å².